The van der Waals surface area contributed by atoms with Crippen molar-refractivity contribution in [2.75, 3.05) is 5.73 Å². The van der Waals surface area contributed by atoms with Gasteiger partial charge in [0.15, 0.2) is 0 Å². The average Bonchev–Trinajstić information content (AvgIpc) is 2.53. The van der Waals surface area contributed by atoms with E-state index in [1.54, 1.807) is 36.3 Å². The number of hydrogen-bond acceptors (Lipinski definition) is 3. The number of nitrogen functional groups attached to an aromatic ring is 1. The zero-order valence-electron chi connectivity index (χ0n) is 8.42. The lowest BCUT2D eigenvalue weighted by atomic mass is 10.2. The summed E-state index contributed by atoms with van der Waals surface area (Å²) in [6.07, 6.45) is 5.08. The van der Waals surface area contributed by atoms with Crippen molar-refractivity contribution in [1.82, 2.24) is 14.1 Å². The number of nitrogens with two attached hydrogens (primary N) is 1. The van der Waals surface area contributed by atoms with Crippen molar-refractivity contribution < 1.29 is 0 Å². The number of aryl methyl sites for hydroxylation is 1. The number of aromatic nitrogens is 3. The van der Waals surface area contributed by atoms with Crippen LogP contribution in [0, 0.1) is 0 Å². The van der Waals surface area contributed by atoms with Gasteiger partial charge in [-0.2, -0.15) is 0 Å². The fourth-order valence-electron chi connectivity index (χ4n) is 1.40. The molecule has 0 fully saturated rings. The summed E-state index contributed by atoms with van der Waals surface area (Å²) in [4.78, 5) is 15.5. The summed E-state index contributed by atoms with van der Waals surface area (Å²) in [5.41, 5.74) is 6.49. The van der Waals surface area contributed by atoms with E-state index in [9.17, 15) is 4.79 Å². The first-order valence-electron chi connectivity index (χ1n) is 4.59. The molecule has 0 amide bonds. The predicted octanol–water partition coefficient (Wildman–Crippen LogP) is 0.212. The van der Waals surface area contributed by atoms with Crippen LogP contribution in [-0.4, -0.2) is 14.1 Å². The Morgan fingerprint density at radius 1 is 1.47 bits per heavy atom. The van der Waals surface area contributed by atoms with Crippen LogP contribution in [0.2, 0.25) is 0 Å². The van der Waals surface area contributed by atoms with Crippen LogP contribution in [0.1, 0.15) is 5.56 Å². The van der Waals surface area contributed by atoms with Crippen molar-refractivity contribution >= 4 is 5.82 Å². The summed E-state index contributed by atoms with van der Waals surface area (Å²) >= 11 is 0. The van der Waals surface area contributed by atoms with Gasteiger partial charge >= 0.3 is 5.69 Å². The molecule has 15 heavy (non-hydrogen) atoms. The molecule has 2 N–H and O–H groups in total. The van der Waals surface area contributed by atoms with Gasteiger partial charge in [-0.15, -0.1) is 0 Å². The third-order valence-electron chi connectivity index (χ3n) is 2.28. The van der Waals surface area contributed by atoms with E-state index in [2.05, 4.69) is 4.98 Å². The zero-order valence-corrected chi connectivity index (χ0v) is 8.42. The smallest absolute Gasteiger partial charge is 0.328 e. The van der Waals surface area contributed by atoms with Crippen molar-refractivity contribution in [1.29, 1.82) is 0 Å². The molecule has 0 bridgehead atoms. The maximum atomic E-state index is 11.5. The first kappa shape index (κ1) is 9.51. The second-order valence-electron chi connectivity index (χ2n) is 3.37. The fraction of sp³-hybridized carbons (Fsp3) is 0.200. The molecule has 2 heterocycles. The Labute approximate surface area is 86.8 Å². The molecule has 0 atom stereocenters. The van der Waals surface area contributed by atoms with E-state index in [4.69, 9.17) is 5.73 Å². The Bertz CT molecular complexity index is 526. The summed E-state index contributed by atoms with van der Waals surface area (Å²) in [5, 5.41) is 0. The van der Waals surface area contributed by atoms with E-state index in [-0.39, 0.29) is 5.69 Å². The molecule has 0 aromatic carbocycles. The van der Waals surface area contributed by atoms with Gasteiger partial charge in [0.05, 0.1) is 6.54 Å². The Kier molecular flexibility index (Phi) is 2.29. The maximum absolute atomic E-state index is 11.5. The molecule has 0 aliphatic heterocycles. The molecule has 0 radical (unpaired) electrons. The van der Waals surface area contributed by atoms with Crippen molar-refractivity contribution in [3.8, 4) is 0 Å². The lowest BCUT2D eigenvalue weighted by Crippen LogP contribution is -2.22. The summed E-state index contributed by atoms with van der Waals surface area (Å²) in [6.45, 7) is 0.458. The number of hydrogen-bond donors (Lipinski definition) is 1. The highest BCUT2D eigenvalue weighted by Gasteiger charge is 2.03. The van der Waals surface area contributed by atoms with Crippen LogP contribution in [0.4, 0.5) is 5.82 Å². The second-order valence-corrected chi connectivity index (χ2v) is 3.37. The molecular weight excluding hydrogens is 192 g/mol. The molecule has 5 nitrogen and oxygen atoms in total. The van der Waals surface area contributed by atoms with E-state index >= 15 is 0 Å². The van der Waals surface area contributed by atoms with Crippen LogP contribution in [0.3, 0.4) is 0 Å². The third kappa shape index (κ3) is 1.76. The fourth-order valence-corrected chi connectivity index (χ4v) is 1.40. The lowest BCUT2D eigenvalue weighted by Gasteiger charge is -2.03. The average molecular weight is 204 g/mol. The summed E-state index contributed by atoms with van der Waals surface area (Å²) < 4.78 is 3.11. The highest BCUT2D eigenvalue weighted by molar-refractivity contribution is 5.38. The molecule has 2 aromatic rings. The van der Waals surface area contributed by atoms with Gasteiger partial charge in [0.1, 0.15) is 5.82 Å². The molecule has 0 saturated heterocycles. The quantitative estimate of drug-likeness (QED) is 0.760. The molecule has 78 valence electrons. The van der Waals surface area contributed by atoms with E-state index in [0.717, 1.165) is 5.56 Å². The Morgan fingerprint density at radius 3 is 2.87 bits per heavy atom. The standard InChI is InChI=1S/C10H12N4O/c1-13-5-6-14(10(13)15)7-8-3-2-4-12-9(8)11/h2-6H,7H2,1H3,(H2,11,12). The Balaban J connectivity index is 2.34. The van der Waals surface area contributed by atoms with Crippen LogP contribution in [0.5, 0.6) is 0 Å². The zero-order chi connectivity index (χ0) is 10.8. The molecule has 0 unspecified atom stereocenters. The maximum Gasteiger partial charge on any atom is 0.328 e. The number of imidazole rings is 1. The second kappa shape index (κ2) is 3.61. The molecule has 0 aliphatic rings. The molecular formula is C10H12N4O. The molecule has 5 heteroatoms. The molecule has 0 spiro atoms. The Hall–Kier alpha value is -2.04. The third-order valence-corrected chi connectivity index (χ3v) is 2.28. The van der Waals surface area contributed by atoms with Crippen molar-refractivity contribution in [3.05, 3.63) is 46.8 Å². The monoisotopic (exact) mass is 204 g/mol. The number of rotatable bonds is 2. The topological polar surface area (TPSA) is 65.8 Å². The number of pyridine rings is 1. The van der Waals surface area contributed by atoms with Crippen molar-refractivity contribution in [2.24, 2.45) is 7.05 Å². The van der Waals surface area contributed by atoms with E-state index in [0.29, 0.717) is 12.4 Å². The predicted molar refractivity (Wildman–Crippen MR) is 57.4 cm³/mol. The van der Waals surface area contributed by atoms with Crippen LogP contribution in [-0.2, 0) is 13.6 Å². The van der Waals surface area contributed by atoms with Gasteiger partial charge in [-0.05, 0) is 6.07 Å². The molecule has 2 rings (SSSR count). The highest BCUT2D eigenvalue weighted by atomic mass is 16.1. The molecule has 2 aromatic heterocycles. The van der Waals surface area contributed by atoms with Gasteiger partial charge in [0, 0.05) is 31.2 Å². The Morgan fingerprint density at radius 2 is 2.27 bits per heavy atom. The minimum atomic E-state index is -0.0572. The molecule has 0 saturated carbocycles. The minimum Gasteiger partial charge on any atom is -0.383 e. The van der Waals surface area contributed by atoms with Gasteiger partial charge in [-0.3, -0.25) is 4.57 Å². The van der Waals surface area contributed by atoms with E-state index in [1.807, 2.05) is 6.07 Å². The number of anilines is 1. The summed E-state index contributed by atoms with van der Waals surface area (Å²) in [5.74, 6) is 0.466. The SMILES string of the molecule is Cn1ccn(Cc2cccnc2N)c1=O. The van der Waals surface area contributed by atoms with Crippen molar-refractivity contribution in [2.45, 2.75) is 6.54 Å². The summed E-state index contributed by atoms with van der Waals surface area (Å²) in [6, 6.07) is 3.67. The number of nitrogens with zero attached hydrogens (tertiary/aromatic N) is 3. The first-order valence-corrected chi connectivity index (χ1v) is 4.59. The van der Waals surface area contributed by atoms with Crippen LogP contribution in [0.25, 0.3) is 0 Å². The van der Waals surface area contributed by atoms with Gasteiger partial charge in [0.2, 0.25) is 0 Å². The normalized spacial score (nSPS) is 10.5. The van der Waals surface area contributed by atoms with Crippen LogP contribution < -0.4 is 11.4 Å². The van der Waals surface area contributed by atoms with Gasteiger partial charge < -0.3 is 10.3 Å². The molecule has 0 aliphatic carbocycles. The van der Waals surface area contributed by atoms with E-state index in [1.165, 1.54) is 4.57 Å². The van der Waals surface area contributed by atoms with Crippen molar-refractivity contribution in [3.63, 3.8) is 0 Å². The largest absolute Gasteiger partial charge is 0.383 e. The van der Waals surface area contributed by atoms with Crippen LogP contribution in [0.15, 0.2) is 35.5 Å². The van der Waals surface area contributed by atoms with Gasteiger partial charge in [-0.25, -0.2) is 9.78 Å². The summed E-state index contributed by atoms with van der Waals surface area (Å²) in [7, 11) is 1.71. The van der Waals surface area contributed by atoms with Gasteiger partial charge in [0.25, 0.3) is 0 Å². The minimum absolute atomic E-state index is 0.0572. The van der Waals surface area contributed by atoms with Crippen LogP contribution >= 0.6 is 0 Å². The van der Waals surface area contributed by atoms with E-state index < -0.39 is 0 Å². The lowest BCUT2D eigenvalue weighted by molar-refractivity contribution is 0.717. The first-order chi connectivity index (χ1) is 7.18. The van der Waals surface area contributed by atoms with Gasteiger partial charge in [-0.1, -0.05) is 6.07 Å². The highest BCUT2D eigenvalue weighted by Crippen LogP contribution is 2.07.